The van der Waals surface area contributed by atoms with Crippen molar-refractivity contribution < 1.29 is 0 Å². The number of aromatic nitrogens is 4. The van der Waals surface area contributed by atoms with Gasteiger partial charge in [0.2, 0.25) is 0 Å². The van der Waals surface area contributed by atoms with Crippen LogP contribution in [-0.4, -0.2) is 46.7 Å². The molecule has 6 heteroatoms. The topological polar surface area (TPSA) is 42.1 Å². The Hall–Kier alpha value is -3.02. The van der Waals surface area contributed by atoms with E-state index in [-0.39, 0.29) is 0 Å². The molecule has 0 spiro atoms. The van der Waals surface area contributed by atoms with Gasteiger partial charge in [-0.2, -0.15) is 10.2 Å². The van der Waals surface area contributed by atoms with Crippen LogP contribution in [0, 0.1) is 11.8 Å². The van der Waals surface area contributed by atoms with Crippen molar-refractivity contribution in [3.8, 4) is 0 Å². The first-order valence-electron chi connectivity index (χ1n) is 14.7. The van der Waals surface area contributed by atoms with Crippen LogP contribution in [0.1, 0.15) is 64.2 Å². The second-order valence-corrected chi connectivity index (χ2v) is 11.8. The van der Waals surface area contributed by atoms with Crippen molar-refractivity contribution in [1.29, 1.82) is 0 Å². The van der Waals surface area contributed by atoms with E-state index in [9.17, 15) is 0 Å². The lowest BCUT2D eigenvalue weighted by molar-refractivity contribution is 0.327. The van der Waals surface area contributed by atoms with Crippen LogP contribution >= 0.6 is 0 Å². The van der Waals surface area contributed by atoms with Crippen molar-refractivity contribution in [1.82, 2.24) is 19.6 Å². The van der Waals surface area contributed by atoms with E-state index < -0.39 is 0 Å². The molecule has 6 rings (SSSR count). The Kier molecular flexibility index (Phi) is 8.55. The quantitative estimate of drug-likeness (QED) is 0.273. The molecule has 38 heavy (non-hydrogen) atoms. The maximum Gasteiger partial charge on any atom is 0.0680 e. The predicted octanol–water partition coefficient (Wildman–Crippen LogP) is 7.18. The van der Waals surface area contributed by atoms with Crippen LogP contribution in [0.15, 0.2) is 48.8 Å². The average molecular weight is 515 g/mol. The summed E-state index contributed by atoms with van der Waals surface area (Å²) >= 11 is 0. The van der Waals surface area contributed by atoms with Gasteiger partial charge in [0, 0.05) is 63.4 Å². The molecule has 2 aliphatic carbocycles. The highest BCUT2D eigenvalue weighted by atomic mass is 15.3. The molecule has 0 amide bonds. The lowest BCUT2D eigenvalue weighted by atomic mass is 9.86. The zero-order chi connectivity index (χ0) is 26.5. The van der Waals surface area contributed by atoms with E-state index in [2.05, 4.69) is 56.4 Å². The first-order valence-corrected chi connectivity index (χ1v) is 14.7. The molecule has 0 saturated heterocycles. The zero-order valence-electron chi connectivity index (χ0n) is 23.9. The number of fused-ring (bicyclic) bond motifs is 2. The summed E-state index contributed by atoms with van der Waals surface area (Å²) in [5.74, 6) is 1.78. The van der Waals surface area contributed by atoms with Crippen LogP contribution in [0.5, 0.6) is 0 Å². The van der Waals surface area contributed by atoms with Gasteiger partial charge in [0.05, 0.1) is 23.4 Å². The van der Waals surface area contributed by atoms with Crippen molar-refractivity contribution in [2.75, 3.05) is 37.0 Å². The normalized spacial score (nSPS) is 16.9. The molecule has 2 fully saturated rings. The van der Waals surface area contributed by atoms with Gasteiger partial charge in [-0.15, -0.1) is 0 Å². The average Bonchev–Trinajstić information content (AvgIpc) is 3.51. The van der Waals surface area contributed by atoms with E-state index in [1.165, 1.54) is 110 Å². The Morgan fingerprint density at radius 2 is 1.11 bits per heavy atom. The van der Waals surface area contributed by atoms with Crippen LogP contribution in [0.2, 0.25) is 0 Å². The lowest BCUT2D eigenvalue weighted by Crippen LogP contribution is -2.35. The molecule has 6 nitrogen and oxygen atoms in total. The van der Waals surface area contributed by atoms with Gasteiger partial charge in [0.15, 0.2) is 0 Å². The third-order valence-corrected chi connectivity index (χ3v) is 8.75. The summed E-state index contributed by atoms with van der Waals surface area (Å²) in [6.45, 7) is 2.50. The minimum Gasteiger partial charge on any atom is -0.378 e. The van der Waals surface area contributed by atoms with Gasteiger partial charge in [-0.1, -0.05) is 38.5 Å². The molecule has 2 heterocycles. The van der Waals surface area contributed by atoms with Crippen molar-refractivity contribution >= 4 is 33.2 Å². The molecule has 2 saturated carbocycles. The van der Waals surface area contributed by atoms with Gasteiger partial charge < -0.3 is 9.80 Å². The minimum absolute atomic E-state index is 0.891. The molecule has 0 unspecified atom stereocenters. The number of hydrogen-bond acceptors (Lipinski definition) is 4. The van der Waals surface area contributed by atoms with Crippen LogP contribution in [0.25, 0.3) is 21.8 Å². The fourth-order valence-electron chi connectivity index (χ4n) is 6.43. The highest BCUT2D eigenvalue weighted by Crippen LogP contribution is 2.31. The summed E-state index contributed by atoms with van der Waals surface area (Å²) in [6, 6.07) is 13.3. The second-order valence-electron chi connectivity index (χ2n) is 11.8. The molecule has 2 aliphatic rings. The molecule has 2 aromatic heterocycles. The Balaban J connectivity index is 0.000000190. The number of nitrogens with zero attached hydrogens (tertiary/aromatic N) is 6. The summed E-state index contributed by atoms with van der Waals surface area (Å²) < 4.78 is 3.86. The molecule has 4 aromatic rings. The number of rotatable bonds is 6. The molecule has 0 aliphatic heterocycles. The fraction of sp³-hybridized carbons (Fsp3) is 0.562. The minimum atomic E-state index is 0.891. The molecule has 204 valence electrons. The SMILES string of the molecule is CN(C)c1ccc2c(cnn2C)c1.Cn1ncc2cc(N(CC3CCCCC3)CC3CCCCC3)ccc21. The Bertz CT molecular complexity index is 1290. The summed E-state index contributed by atoms with van der Waals surface area (Å²) in [5, 5.41) is 11.1. The number of hydrogen-bond donors (Lipinski definition) is 0. The van der Waals surface area contributed by atoms with Gasteiger partial charge in [-0.25, -0.2) is 0 Å². The molecule has 0 N–H and O–H groups in total. The molecule has 2 aromatic carbocycles. The highest BCUT2D eigenvalue weighted by Gasteiger charge is 2.22. The molecular formula is C32H46N6. The largest absolute Gasteiger partial charge is 0.378 e. The van der Waals surface area contributed by atoms with Crippen LogP contribution in [0.4, 0.5) is 11.4 Å². The maximum atomic E-state index is 4.43. The monoisotopic (exact) mass is 514 g/mol. The van der Waals surface area contributed by atoms with E-state index >= 15 is 0 Å². The van der Waals surface area contributed by atoms with E-state index in [4.69, 9.17) is 0 Å². The van der Waals surface area contributed by atoms with Crippen LogP contribution < -0.4 is 9.80 Å². The van der Waals surface area contributed by atoms with E-state index in [1.54, 1.807) is 0 Å². The molecule has 0 bridgehead atoms. The smallest absolute Gasteiger partial charge is 0.0680 e. The standard InChI is InChI=1S/C22H33N3.C10H13N3/c1-24-22-13-12-21(14-20(22)15-23-24)25(16-18-8-4-2-5-9-18)17-19-10-6-3-7-11-19;1-12(2)9-4-5-10-8(6-9)7-11-13(10)3/h12-15,18-19H,2-11,16-17H2,1H3;4-7H,1-3H3. The third kappa shape index (κ3) is 6.33. The summed E-state index contributed by atoms with van der Waals surface area (Å²) in [6.07, 6.45) is 18.2. The summed E-state index contributed by atoms with van der Waals surface area (Å²) in [7, 11) is 8.07. The predicted molar refractivity (Wildman–Crippen MR) is 161 cm³/mol. The number of anilines is 2. The van der Waals surface area contributed by atoms with Crippen molar-refractivity contribution in [2.24, 2.45) is 25.9 Å². The van der Waals surface area contributed by atoms with Crippen molar-refractivity contribution in [2.45, 2.75) is 64.2 Å². The van der Waals surface area contributed by atoms with E-state index in [0.717, 1.165) is 11.8 Å². The molecule has 0 atom stereocenters. The first kappa shape index (κ1) is 26.6. The zero-order valence-corrected chi connectivity index (χ0v) is 23.9. The van der Waals surface area contributed by atoms with Gasteiger partial charge in [0.25, 0.3) is 0 Å². The maximum absolute atomic E-state index is 4.43. The number of aryl methyl sites for hydroxylation is 2. The molecule has 0 radical (unpaired) electrons. The van der Waals surface area contributed by atoms with E-state index in [1.807, 2.05) is 49.9 Å². The van der Waals surface area contributed by atoms with Gasteiger partial charge in [-0.3, -0.25) is 9.36 Å². The van der Waals surface area contributed by atoms with Gasteiger partial charge >= 0.3 is 0 Å². The number of benzene rings is 2. The lowest BCUT2D eigenvalue weighted by Gasteiger charge is -2.35. The first-order chi connectivity index (χ1) is 18.5. The fourth-order valence-corrected chi connectivity index (χ4v) is 6.43. The van der Waals surface area contributed by atoms with E-state index in [0.29, 0.717) is 0 Å². The Morgan fingerprint density at radius 3 is 1.58 bits per heavy atom. The highest BCUT2D eigenvalue weighted by molar-refractivity contribution is 5.83. The van der Waals surface area contributed by atoms with Crippen LogP contribution in [-0.2, 0) is 14.1 Å². The third-order valence-electron chi connectivity index (χ3n) is 8.75. The Morgan fingerprint density at radius 1 is 0.658 bits per heavy atom. The van der Waals surface area contributed by atoms with Gasteiger partial charge in [0.1, 0.15) is 0 Å². The molecular weight excluding hydrogens is 468 g/mol. The summed E-state index contributed by atoms with van der Waals surface area (Å²) in [4.78, 5) is 4.81. The second kappa shape index (κ2) is 12.2. The van der Waals surface area contributed by atoms with Gasteiger partial charge in [-0.05, 0) is 73.9 Å². The summed E-state index contributed by atoms with van der Waals surface area (Å²) in [5.41, 5.74) is 5.03. The van der Waals surface area contributed by atoms with Crippen LogP contribution in [0.3, 0.4) is 0 Å². The van der Waals surface area contributed by atoms with Crippen molar-refractivity contribution in [3.63, 3.8) is 0 Å². The Labute approximate surface area is 228 Å². The van der Waals surface area contributed by atoms with Crippen molar-refractivity contribution in [3.05, 3.63) is 48.8 Å².